The van der Waals surface area contributed by atoms with Gasteiger partial charge in [0.1, 0.15) is 5.75 Å². The second-order valence-electron chi connectivity index (χ2n) is 5.28. The highest BCUT2D eigenvalue weighted by molar-refractivity contribution is 6.06. The Morgan fingerprint density at radius 2 is 1.79 bits per heavy atom. The van der Waals surface area contributed by atoms with Crippen molar-refractivity contribution in [2.24, 2.45) is 0 Å². The molecule has 0 saturated heterocycles. The average Bonchev–Trinajstić information content (AvgIpc) is 2.53. The maximum atomic E-state index is 13.3. The van der Waals surface area contributed by atoms with Gasteiger partial charge in [-0.25, -0.2) is 0 Å². The summed E-state index contributed by atoms with van der Waals surface area (Å²) in [6, 6.07) is 10.1. The van der Waals surface area contributed by atoms with Crippen LogP contribution in [0.2, 0.25) is 0 Å². The van der Waals surface area contributed by atoms with E-state index in [2.05, 4.69) is 5.32 Å². The van der Waals surface area contributed by atoms with E-state index in [9.17, 15) is 18.0 Å². The third kappa shape index (κ3) is 3.79. The largest absolute Gasteiger partial charge is 0.496 e. The number of nitrogens with one attached hydrogen (secondary N) is 1. The van der Waals surface area contributed by atoms with Gasteiger partial charge in [-0.3, -0.25) is 4.79 Å². The van der Waals surface area contributed by atoms with E-state index >= 15 is 0 Å². The molecule has 0 aliphatic heterocycles. The van der Waals surface area contributed by atoms with E-state index in [1.54, 1.807) is 37.2 Å². The molecular weight excluding hydrogens is 321 g/mol. The summed E-state index contributed by atoms with van der Waals surface area (Å²) in [5.41, 5.74) is -0.664. The first-order valence-electron chi connectivity index (χ1n) is 7.07. The predicted molar refractivity (Wildman–Crippen MR) is 86.7 cm³/mol. The quantitative estimate of drug-likeness (QED) is 0.915. The zero-order valence-electron chi connectivity index (χ0n) is 13.4. The minimum absolute atomic E-state index is 0.157. The van der Waals surface area contributed by atoms with Crippen LogP contribution in [-0.4, -0.2) is 27.1 Å². The summed E-state index contributed by atoms with van der Waals surface area (Å²) >= 11 is 0. The number of halogens is 3. The van der Waals surface area contributed by atoms with Crippen molar-refractivity contribution in [1.29, 1.82) is 0 Å². The summed E-state index contributed by atoms with van der Waals surface area (Å²) < 4.78 is 44.9. The topological polar surface area (TPSA) is 41.6 Å². The molecule has 0 aliphatic rings. The second-order valence-corrected chi connectivity index (χ2v) is 5.28. The van der Waals surface area contributed by atoms with Crippen LogP contribution < -0.4 is 15.0 Å². The molecule has 0 spiro atoms. The number of anilines is 2. The minimum atomic E-state index is -4.59. The molecule has 2 aromatic carbocycles. The number of ether oxygens (including phenoxy) is 1. The van der Waals surface area contributed by atoms with Crippen molar-refractivity contribution in [3.63, 3.8) is 0 Å². The van der Waals surface area contributed by atoms with Crippen LogP contribution in [0.1, 0.15) is 15.9 Å². The van der Waals surface area contributed by atoms with Crippen LogP contribution in [0.5, 0.6) is 5.75 Å². The van der Waals surface area contributed by atoms with Crippen molar-refractivity contribution in [3.8, 4) is 5.75 Å². The van der Waals surface area contributed by atoms with Gasteiger partial charge < -0.3 is 15.0 Å². The molecular formula is C17H17F3N2O2. The normalized spacial score (nSPS) is 11.1. The highest BCUT2D eigenvalue weighted by Gasteiger charge is 2.34. The minimum Gasteiger partial charge on any atom is -0.496 e. The molecule has 0 aromatic heterocycles. The lowest BCUT2D eigenvalue weighted by Crippen LogP contribution is -2.18. The molecule has 0 aliphatic carbocycles. The number of para-hydroxylation sites is 1. The monoisotopic (exact) mass is 338 g/mol. The summed E-state index contributed by atoms with van der Waals surface area (Å²) in [6.45, 7) is 0. The molecule has 0 heterocycles. The molecule has 0 unspecified atom stereocenters. The van der Waals surface area contributed by atoms with Crippen molar-refractivity contribution in [2.75, 3.05) is 31.4 Å². The van der Waals surface area contributed by atoms with Gasteiger partial charge in [0.2, 0.25) is 0 Å². The second kappa shape index (κ2) is 6.82. The van der Waals surface area contributed by atoms with Gasteiger partial charge in [0.15, 0.2) is 0 Å². The van der Waals surface area contributed by atoms with E-state index in [1.165, 1.54) is 25.3 Å². The van der Waals surface area contributed by atoms with Crippen LogP contribution in [0.4, 0.5) is 24.5 Å². The van der Waals surface area contributed by atoms with E-state index in [1.807, 2.05) is 0 Å². The van der Waals surface area contributed by atoms with E-state index in [0.29, 0.717) is 5.69 Å². The fourth-order valence-corrected chi connectivity index (χ4v) is 2.18. The van der Waals surface area contributed by atoms with E-state index in [0.717, 1.165) is 6.07 Å². The Balaban J connectivity index is 2.40. The number of methoxy groups -OCH3 is 1. The molecule has 0 atom stereocenters. The lowest BCUT2D eigenvalue weighted by atomic mass is 10.1. The summed E-state index contributed by atoms with van der Waals surface area (Å²) in [6.07, 6.45) is -4.59. The summed E-state index contributed by atoms with van der Waals surface area (Å²) in [5, 5.41) is 2.32. The number of carbonyl (C=O) groups excluding carboxylic acids is 1. The number of alkyl halides is 3. The molecule has 4 nitrogen and oxygen atoms in total. The predicted octanol–water partition coefficient (Wildman–Crippen LogP) is 4.03. The van der Waals surface area contributed by atoms with E-state index in [-0.39, 0.29) is 17.0 Å². The van der Waals surface area contributed by atoms with Gasteiger partial charge in [-0.05, 0) is 30.3 Å². The first-order chi connectivity index (χ1) is 11.2. The number of hydrogen-bond acceptors (Lipinski definition) is 3. The molecule has 7 heteroatoms. The van der Waals surface area contributed by atoms with Crippen LogP contribution in [0.3, 0.4) is 0 Å². The fraction of sp³-hybridized carbons (Fsp3) is 0.235. The maximum Gasteiger partial charge on any atom is 0.418 e. The molecule has 0 saturated carbocycles. The zero-order valence-corrected chi connectivity index (χ0v) is 13.4. The summed E-state index contributed by atoms with van der Waals surface area (Å²) in [5.74, 6) is -0.385. The molecule has 1 N–H and O–H groups in total. The number of nitrogens with zero attached hydrogens (tertiary/aromatic N) is 1. The number of rotatable bonds is 4. The SMILES string of the molecule is COc1ccccc1C(=O)Nc1ccc(N(C)C)cc1C(F)(F)F. The van der Waals surface area contributed by atoms with Gasteiger partial charge in [0.25, 0.3) is 5.91 Å². The number of carbonyl (C=O) groups is 1. The molecule has 0 fully saturated rings. The van der Waals surface area contributed by atoms with Crippen molar-refractivity contribution >= 4 is 17.3 Å². The Bertz CT molecular complexity index is 743. The molecule has 1 amide bonds. The van der Waals surface area contributed by atoms with Crippen LogP contribution in [0.25, 0.3) is 0 Å². The number of amides is 1. The van der Waals surface area contributed by atoms with Gasteiger partial charge in [-0.15, -0.1) is 0 Å². The fourth-order valence-electron chi connectivity index (χ4n) is 2.18. The van der Waals surface area contributed by atoms with Gasteiger partial charge in [-0.1, -0.05) is 12.1 Å². The highest BCUT2D eigenvalue weighted by Crippen LogP contribution is 2.37. The Morgan fingerprint density at radius 1 is 1.12 bits per heavy atom. The molecule has 2 rings (SSSR count). The molecule has 24 heavy (non-hydrogen) atoms. The van der Waals surface area contributed by atoms with Gasteiger partial charge >= 0.3 is 6.18 Å². The molecule has 2 aromatic rings. The smallest absolute Gasteiger partial charge is 0.418 e. The highest BCUT2D eigenvalue weighted by atomic mass is 19.4. The van der Waals surface area contributed by atoms with Gasteiger partial charge in [-0.2, -0.15) is 13.2 Å². The van der Waals surface area contributed by atoms with Crippen molar-refractivity contribution in [2.45, 2.75) is 6.18 Å². The third-order valence-corrected chi connectivity index (χ3v) is 3.42. The maximum absolute atomic E-state index is 13.3. The molecule has 0 bridgehead atoms. The van der Waals surface area contributed by atoms with Crippen LogP contribution in [-0.2, 0) is 6.18 Å². The summed E-state index contributed by atoms with van der Waals surface area (Å²) in [4.78, 5) is 13.9. The van der Waals surface area contributed by atoms with Gasteiger partial charge in [0.05, 0.1) is 23.9 Å². The average molecular weight is 338 g/mol. The first-order valence-corrected chi connectivity index (χ1v) is 7.07. The van der Waals surface area contributed by atoms with E-state index < -0.39 is 17.6 Å². The lowest BCUT2D eigenvalue weighted by molar-refractivity contribution is -0.136. The Morgan fingerprint density at radius 3 is 2.38 bits per heavy atom. The van der Waals surface area contributed by atoms with Crippen LogP contribution in [0, 0.1) is 0 Å². The first kappa shape index (κ1) is 17.7. The third-order valence-electron chi connectivity index (χ3n) is 3.42. The number of benzene rings is 2. The summed E-state index contributed by atoms with van der Waals surface area (Å²) in [7, 11) is 4.67. The van der Waals surface area contributed by atoms with Crippen LogP contribution >= 0.6 is 0 Å². The standard InChI is InChI=1S/C17H17F3N2O2/c1-22(2)11-8-9-14(13(10-11)17(18,19)20)21-16(23)12-6-4-5-7-15(12)24-3/h4-10H,1-3H3,(H,21,23). The van der Waals surface area contributed by atoms with E-state index in [4.69, 9.17) is 4.74 Å². The molecule has 128 valence electrons. The van der Waals surface area contributed by atoms with Crippen molar-refractivity contribution < 1.29 is 22.7 Å². The lowest BCUT2D eigenvalue weighted by Gasteiger charge is -2.19. The van der Waals surface area contributed by atoms with Crippen LogP contribution in [0.15, 0.2) is 42.5 Å². The zero-order chi connectivity index (χ0) is 17.9. The van der Waals surface area contributed by atoms with Crippen molar-refractivity contribution in [1.82, 2.24) is 0 Å². The Labute approximate surface area is 137 Å². The molecule has 0 radical (unpaired) electrons. The van der Waals surface area contributed by atoms with Crippen molar-refractivity contribution in [3.05, 3.63) is 53.6 Å². The number of hydrogen-bond donors (Lipinski definition) is 1. The Hall–Kier alpha value is -2.70. The Kier molecular flexibility index (Phi) is 5.02. The van der Waals surface area contributed by atoms with Gasteiger partial charge in [0, 0.05) is 19.8 Å².